The Morgan fingerprint density at radius 2 is 1.90 bits per heavy atom. The Bertz CT molecular complexity index is 1090. The number of benzene rings is 2. The predicted octanol–water partition coefficient (Wildman–Crippen LogP) is 4.62. The molecule has 7 nitrogen and oxygen atoms in total. The van der Waals surface area contributed by atoms with Gasteiger partial charge in [0.25, 0.3) is 5.22 Å². The topological polar surface area (TPSA) is 77.7 Å². The molecule has 0 radical (unpaired) electrons. The summed E-state index contributed by atoms with van der Waals surface area (Å²) in [4.78, 5) is 14.9. The number of fused-ring (bicyclic) bond motifs is 1. The van der Waals surface area contributed by atoms with Crippen molar-refractivity contribution in [2.24, 2.45) is 0 Å². The van der Waals surface area contributed by atoms with Gasteiger partial charge in [-0.25, -0.2) is 0 Å². The number of halogens is 1. The van der Waals surface area contributed by atoms with Gasteiger partial charge >= 0.3 is 0 Å². The lowest BCUT2D eigenvalue weighted by Gasteiger charge is -2.26. The Hall–Kier alpha value is -2.71. The van der Waals surface area contributed by atoms with E-state index in [9.17, 15) is 4.79 Å². The number of carbonyl (C=O) groups excluding carboxylic acids is 1. The Balaban J connectivity index is 1.23. The van der Waals surface area contributed by atoms with Crippen LogP contribution >= 0.6 is 23.4 Å². The molecular formula is C22H20ClN3O4S. The first-order valence-corrected chi connectivity index (χ1v) is 11.4. The molecule has 2 aromatic carbocycles. The van der Waals surface area contributed by atoms with E-state index in [2.05, 4.69) is 10.2 Å². The number of likely N-dealkylation sites (tertiary alicyclic amines) is 1. The van der Waals surface area contributed by atoms with Gasteiger partial charge in [-0.05, 0) is 54.8 Å². The van der Waals surface area contributed by atoms with Crippen molar-refractivity contribution in [3.8, 4) is 23.0 Å². The molecule has 1 amide bonds. The number of amides is 1. The molecule has 2 aliphatic rings. The molecule has 160 valence electrons. The van der Waals surface area contributed by atoms with Gasteiger partial charge in [-0.15, -0.1) is 10.2 Å². The van der Waals surface area contributed by atoms with Crippen LogP contribution in [-0.4, -0.2) is 46.5 Å². The van der Waals surface area contributed by atoms with Crippen LogP contribution in [0.2, 0.25) is 5.02 Å². The van der Waals surface area contributed by atoms with Crippen LogP contribution in [-0.2, 0) is 4.79 Å². The largest absolute Gasteiger partial charge is 0.486 e. The minimum absolute atomic E-state index is 0.0382. The van der Waals surface area contributed by atoms with Crippen molar-refractivity contribution in [2.75, 3.05) is 25.5 Å². The Morgan fingerprint density at radius 1 is 1.10 bits per heavy atom. The van der Waals surface area contributed by atoms with Crippen LogP contribution in [0.1, 0.15) is 24.4 Å². The standard InChI is InChI=1S/C22H20ClN3O4S/c23-16-6-3-14(4-7-16)21-24-25-22(30-21)31-13-20(27)26-9-1-2-17(26)15-5-8-18-19(12-15)29-11-10-28-18/h3-8,12,17H,1-2,9-11,13H2/t17-/m0/s1. The highest BCUT2D eigenvalue weighted by atomic mass is 35.5. The molecule has 2 aliphatic heterocycles. The second-order valence-electron chi connectivity index (χ2n) is 7.32. The predicted molar refractivity (Wildman–Crippen MR) is 117 cm³/mol. The molecule has 31 heavy (non-hydrogen) atoms. The molecular weight excluding hydrogens is 438 g/mol. The number of hydrogen-bond acceptors (Lipinski definition) is 7. The fourth-order valence-electron chi connectivity index (χ4n) is 3.86. The molecule has 1 fully saturated rings. The van der Waals surface area contributed by atoms with Crippen molar-refractivity contribution in [2.45, 2.75) is 24.1 Å². The fraction of sp³-hybridized carbons (Fsp3) is 0.318. The van der Waals surface area contributed by atoms with Gasteiger partial charge in [0, 0.05) is 17.1 Å². The van der Waals surface area contributed by atoms with Crippen LogP contribution in [0.15, 0.2) is 52.1 Å². The van der Waals surface area contributed by atoms with Crippen molar-refractivity contribution >= 4 is 29.3 Å². The highest BCUT2D eigenvalue weighted by Crippen LogP contribution is 2.38. The highest BCUT2D eigenvalue weighted by molar-refractivity contribution is 7.99. The molecule has 0 bridgehead atoms. The van der Waals surface area contributed by atoms with Crippen LogP contribution in [0.3, 0.4) is 0 Å². The molecule has 3 aromatic rings. The van der Waals surface area contributed by atoms with Gasteiger partial charge in [0.1, 0.15) is 13.2 Å². The third-order valence-corrected chi connectivity index (χ3v) is 6.40. The van der Waals surface area contributed by atoms with E-state index in [1.807, 2.05) is 35.2 Å². The van der Waals surface area contributed by atoms with Crippen LogP contribution in [0.25, 0.3) is 11.5 Å². The molecule has 1 saturated heterocycles. The summed E-state index contributed by atoms with van der Waals surface area (Å²) in [5, 5.41) is 9.12. The van der Waals surface area contributed by atoms with Gasteiger partial charge in [0.05, 0.1) is 11.8 Å². The maximum Gasteiger partial charge on any atom is 0.277 e. The minimum Gasteiger partial charge on any atom is -0.486 e. The fourth-order valence-corrected chi connectivity index (χ4v) is 4.64. The maximum absolute atomic E-state index is 13.0. The van der Waals surface area contributed by atoms with Gasteiger partial charge in [-0.3, -0.25) is 4.79 Å². The lowest BCUT2D eigenvalue weighted by atomic mass is 10.0. The van der Waals surface area contributed by atoms with Crippen molar-refractivity contribution < 1.29 is 18.7 Å². The van der Waals surface area contributed by atoms with Crippen LogP contribution in [0.5, 0.6) is 11.5 Å². The molecule has 1 atom stereocenters. The number of thioether (sulfide) groups is 1. The van der Waals surface area contributed by atoms with Gasteiger partial charge < -0.3 is 18.8 Å². The maximum atomic E-state index is 13.0. The molecule has 5 rings (SSSR count). The Labute approximate surface area is 188 Å². The summed E-state index contributed by atoms with van der Waals surface area (Å²) in [6.07, 6.45) is 1.90. The summed E-state index contributed by atoms with van der Waals surface area (Å²) in [5.74, 6) is 2.20. The van der Waals surface area contributed by atoms with E-state index in [1.54, 1.807) is 12.1 Å². The van der Waals surface area contributed by atoms with E-state index >= 15 is 0 Å². The summed E-state index contributed by atoms with van der Waals surface area (Å²) in [7, 11) is 0. The van der Waals surface area contributed by atoms with E-state index < -0.39 is 0 Å². The van der Waals surface area contributed by atoms with E-state index in [4.69, 9.17) is 25.5 Å². The molecule has 0 unspecified atom stereocenters. The number of hydrogen-bond donors (Lipinski definition) is 0. The van der Waals surface area contributed by atoms with Gasteiger partial charge in [-0.2, -0.15) is 0 Å². The summed E-state index contributed by atoms with van der Waals surface area (Å²) >= 11 is 7.17. The van der Waals surface area contributed by atoms with Gasteiger partial charge in [0.2, 0.25) is 11.8 Å². The highest BCUT2D eigenvalue weighted by Gasteiger charge is 2.31. The number of ether oxygens (including phenoxy) is 2. The lowest BCUT2D eigenvalue weighted by molar-refractivity contribution is -0.129. The second-order valence-corrected chi connectivity index (χ2v) is 8.68. The lowest BCUT2D eigenvalue weighted by Crippen LogP contribution is -2.32. The number of aromatic nitrogens is 2. The van der Waals surface area contributed by atoms with Crippen LogP contribution in [0, 0.1) is 0 Å². The molecule has 0 spiro atoms. The minimum atomic E-state index is 0.0382. The second kappa shape index (κ2) is 8.80. The average Bonchev–Trinajstić information content (AvgIpc) is 3.48. The molecule has 3 heterocycles. The van der Waals surface area contributed by atoms with Crippen LogP contribution in [0.4, 0.5) is 0 Å². The van der Waals surface area contributed by atoms with E-state index in [-0.39, 0.29) is 17.7 Å². The van der Waals surface area contributed by atoms with Crippen LogP contribution < -0.4 is 9.47 Å². The zero-order valence-electron chi connectivity index (χ0n) is 16.6. The SMILES string of the molecule is O=C(CSc1nnc(-c2ccc(Cl)cc2)o1)N1CCC[C@H]1c1ccc2c(c1)OCCO2. The van der Waals surface area contributed by atoms with Gasteiger partial charge in [-0.1, -0.05) is 29.4 Å². The number of rotatable bonds is 5. The van der Waals surface area contributed by atoms with Crippen molar-refractivity contribution in [3.05, 3.63) is 53.1 Å². The third-order valence-electron chi connectivity index (χ3n) is 5.34. The molecule has 0 aliphatic carbocycles. The summed E-state index contributed by atoms with van der Waals surface area (Å²) in [6.45, 7) is 1.84. The molecule has 9 heteroatoms. The molecule has 1 aromatic heterocycles. The quantitative estimate of drug-likeness (QED) is 0.517. The smallest absolute Gasteiger partial charge is 0.277 e. The monoisotopic (exact) mass is 457 g/mol. The first-order valence-electron chi connectivity index (χ1n) is 10.1. The Morgan fingerprint density at radius 3 is 2.74 bits per heavy atom. The van der Waals surface area contributed by atoms with E-state index in [0.717, 1.165) is 42.0 Å². The third kappa shape index (κ3) is 4.36. The summed E-state index contributed by atoms with van der Waals surface area (Å²) in [6, 6.07) is 13.1. The number of carbonyl (C=O) groups is 1. The summed E-state index contributed by atoms with van der Waals surface area (Å²) < 4.78 is 17.0. The zero-order valence-corrected chi connectivity index (χ0v) is 18.2. The van der Waals surface area contributed by atoms with Crippen molar-refractivity contribution in [1.82, 2.24) is 15.1 Å². The first-order chi connectivity index (χ1) is 15.2. The van der Waals surface area contributed by atoms with Crippen molar-refractivity contribution in [3.63, 3.8) is 0 Å². The summed E-state index contributed by atoms with van der Waals surface area (Å²) in [5.41, 5.74) is 1.86. The zero-order chi connectivity index (χ0) is 21.2. The van der Waals surface area contributed by atoms with E-state index in [0.29, 0.717) is 29.3 Å². The van der Waals surface area contributed by atoms with Crippen molar-refractivity contribution in [1.29, 1.82) is 0 Å². The first kappa shape index (κ1) is 20.2. The molecule has 0 N–H and O–H groups in total. The Kier molecular flexibility index (Phi) is 5.74. The molecule has 0 saturated carbocycles. The number of nitrogens with zero attached hydrogens (tertiary/aromatic N) is 3. The van der Waals surface area contributed by atoms with Gasteiger partial charge in [0.15, 0.2) is 11.5 Å². The average molecular weight is 458 g/mol. The van der Waals surface area contributed by atoms with E-state index in [1.165, 1.54) is 11.8 Å². The normalized spacial score (nSPS) is 17.7.